The summed E-state index contributed by atoms with van der Waals surface area (Å²) in [6.07, 6.45) is 5.52. The third kappa shape index (κ3) is 6.30. The number of esters is 1. The molecule has 1 atom stereocenters. The van der Waals surface area contributed by atoms with Crippen LogP contribution in [0.25, 0.3) is 0 Å². The first-order valence-corrected chi connectivity index (χ1v) is 11.0. The van der Waals surface area contributed by atoms with Gasteiger partial charge in [0.2, 0.25) is 0 Å². The molecule has 6 nitrogen and oxygen atoms in total. The van der Waals surface area contributed by atoms with E-state index in [-0.39, 0.29) is 36.0 Å². The summed E-state index contributed by atoms with van der Waals surface area (Å²) in [5.41, 5.74) is 0.728. The Labute approximate surface area is 189 Å². The van der Waals surface area contributed by atoms with Crippen molar-refractivity contribution in [1.29, 1.82) is 0 Å². The van der Waals surface area contributed by atoms with Gasteiger partial charge in [-0.15, -0.1) is 35.3 Å². The maximum absolute atomic E-state index is 12.0. The molecule has 2 saturated carbocycles. The molecule has 0 amide bonds. The van der Waals surface area contributed by atoms with Crippen molar-refractivity contribution < 1.29 is 9.53 Å². The van der Waals surface area contributed by atoms with Crippen molar-refractivity contribution in [3.63, 3.8) is 0 Å². The van der Waals surface area contributed by atoms with Crippen LogP contribution in [0, 0.1) is 24.7 Å². The fourth-order valence-corrected chi connectivity index (χ4v) is 4.47. The quantitative estimate of drug-likeness (QED) is 0.220. The summed E-state index contributed by atoms with van der Waals surface area (Å²) < 4.78 is 5.12. The standard InChI is InChI=1S/C20H32N4O2S.HI/c1-5-21-20(22-11-16(14-7-8-14)15-9-10-15)24-13(4)18-23-12(3)17(27-18)19(25)26-6-2;/h13-16H,5-11H2,1-4H3,(H2,21,22,24);1H. The summed E-state index contributed by atoms with van der Waals surface area (Å²) >= 11 is 1.40. The zero-order valence-electron chi connectivity index (χ0n) is 17.3. The summed E-state index contributed by atoms with van der Waals surface area (Å²) in [7, 11) is 0. The Kier molecular flexibility index (Phi) is 8.98. The van der Waals surface area contributed by atoms with Gasteiger partial charge in [0.25, 0.3) is 0 Å². The number of hydrogen-bond donors (Lipinski definition) is 2. The van der Waals surface area contributed by atoms with Crippen LogP contribution < -0.4 is 10.6 Å². The highest BCUT2D eigenvalue weighted by molar-refractivity contribution is 14.0. The Hall–Kier alpha value is -0.900. The average molecular weight is 520 g/mol. The molecule has 3 rings (SSSR count). The number of halogens is 1. The molecule has 158 valence electrons. The van der Waals surface area contributed by atoms with Crippen LogP contribution in [0.3, 0.4) is 0 Å². The molecular weight excluding hydrogens is 487 g/mol. The van der Waals surface area contributed by atoms with Crippen LogP contribution in [-0.4, -0.2) is 36.6 Å². The Bertz CT molecular complexity index is 674. The summed E-state index contributed by atoms with van der Waals surface area (Å²) in [5.74, 6) is 3.10. The molecular formula is C20H33IN4O2S. The van der Waals surface area contributed by atoms with E-state index in [1.807, 2.05) is 13.8 Å². The number of guanidine groups is 1. The number of carbonyl (C=O) groups is 1. The van der Waals surface area contributed by atoms with E-state index in [0.29, 0.717) is 11.5 Å². The van der Waals surface area contributed by atoms with Crippen LogP contribution in [0.15, 0.2) is 4.99 Å². The van der Waals surface area contributed by atoms with Crippen LogP contribution in [0.5, 0.6) is 0 Å². The molecule has 0 radical (unpaired) electrons. The zero-order valence-corrected chi connectivity index (χ0v) is 20.4. The van der Waals surface area contributed by atoms with Gasteiger partial charge in [-0.3, -0.25) is 4.99 Å². The van der Waals surface area contributed by atoms with Crippen molar-refractivity contribution in [2.45, 2.75) is 59.4 Å². The molecule has 2 N–H and O–H groups in total. The average Bonchev–Trinajstić information content (AvgIpc) is 3.55. The number of aryl methyl sites for hydroxylation is 1. The Morgan fingerprint density at radius 3 is 2.46 bits per heavy atom. The number of rotatable bonds is 9. The third-order valence-electron chi connectivity index (χ3n) is 5.26. The molecule has 0 bridgehead atoms. The third-order valence-corrected chi connectivity index (χ3v) is 6.58. The fourth-order valence-electron chi connectivity index (χ4n) is 3.50. The van der Waals surface area contributed by atoms with Crippen molar-refractivity contribution in [2.24, 2.45) is 22.7 Å². The van der Waals surface area contributed by atoms with Gasteiger partial charge in [-0.1, -0.05) is 0 Å². The van der Waals surface area contributed by atoms with Gasteiger partial charge in [-0.05, 0) is 71.1 Å². The first-order chi connectivity index (χ1) is 13.0. The van der Waals surface area contributed by atoms with Gasteiger partial charge >= 0.3 is 5.97 Å². The van der Waals surface area contributed by atoms with Crippen molar-refractivity contribution in [1.82, 2.24) is 15.6 Å². The van der Waals surface area contributed by atoms with E-state index in [1.54, 1.807) is 0 Å². The minimum atomic E-state index is -0.289. The predicted molar refractivity (Wildman–Crippen MR) is 125 cm³/mol. The lowest BCUT2D eigenvalue weighted by molar-refractivity contribution is 0.0531. The summed E-state index contributed by atoms with van der Waals surface area (Å²) in [6.45, 7) is 9.90. The number of ether oxygens (including phenoxy) is 1. The van der Waals surface area contributed by atoms with Gasteiger partial charge < -0.3 is 15.4 Å². The predicted octanol–water partition coefficient (Wildman–Crippen LogP) is 4.30. The highest BCUT2D eigenvalue weighted by Gasteiger charge is 2.41. The van der Waals surface area contributed by atoms with Crippen molar-refractivity contribution in [3.8, 4) is 0 Å². The molecule has 1 heterocycles. The van der Waals surface area contributed by atoms with Crippen LogP contribution in [-0.2, 0) is 4.74 Å². The molecule has 8 heteroatoms. The molecule has 2 fully saturated rings. The number of nitrogens with one attached hydrogen (secondary N) is 2. The summed E-state index contributed by atoms with van der Waals surface area (Å²) in [5, 5.41) is 7.68. The van der Waals surface area contributed by atoms with E-state index >= 15 is 0 Å². The van der Waals surface area contributed by atoms with E-state index in [2.05, 4.69) is 29.5 Å². The number of thiazole rings is 1. The lowest BCUT2D eigenvalue weighted by atomic mass is 9.98. The second-order valence-electron chi connectivity index (χ2n) is 7.61. The van der Waals surface area contributed by atoms with Crippen LogP contribution in [0.1, 0.15) is 72.9 Å². The second kappa shape index (κ2) is 10.8. The Balaban J connectivity index is 0.00000280. The molecule has 0 spiro atoms. The van der Waals surface area contributed by atoms with E-state index in [0.717, 1.165) is 47.5 Å². The minimum absolute atomic E-state index is 0. The molecule has 1 aromatic heterocycles. The maximum Gasteiger partial charge on any atom is 0.350 e. The zero-order chi connectivity index (χ0) is 19.4. The van der Waals surface area contributed by atoms with E-state index in [4.69, 9.17) is 9.73 Å². The van der Waals surface area contributed by atoms with Crippen LogP contribution in [0.4, 0.5) is 0 Å². The fraction of sp³-hybridized carbons (Fsp3) is 0.750. The van der Waals surface area contributed by atoms with Gasteiger partial charge in [0.1, 0.15) is 9.88 Å². The second-order valence-corrected chi connectivity index (χ2v) is 8.64. The van der Waals surface area contributed by atoms with E-state index in [9.17, 15) is 4.79 Å². The van der Waals surface area contributed by atoms with Crippen molar-refractivity contribution >= 4 is 47.2 Å². The monoisotopic (exact) mass is 520 g/mol. The number of nitrogens with zero attached hydrogens (tertiary/aromatic N) is 2. The van der Waals surface area contributed by atoms with Crippen molar-refractivity contribution in [3.05, 3.63) is 15.6 Å². The summed E-state index contributed by atoms with van der Waals surface area (Å²) in [4.78, 5) is 22.1. The van der Waals surface area contributed by atoms with E-state index in [1.165, 1.54) is 37.0 Å². The first-order valence-electron chi connectivity index (χ1n) is 10.2. The number of aromatic nitrogens is 1. The molecule has 0 saturated heterocycles. The number of hydrogen-bond acceptors (Lipinski definition) is 5. The molecule has 28 heavy (non-hydrogen) atoms. The number of carbonyl (C=O) groups excluding carboxylic acids is 1. The molecule has 1 aromatic rings. The lowest BCUT2D eigenvalue weighted by Gasteiger charge is -2.18. The topological polar surface area (TPSA) is 75.6 Å². The highest BCUT2D eigenvalue weighted by Crippen LogP contribution is 2.49. The van der Waals surface area contributed by atoms with Crippen LogP contribution >= 0.6 is 35.3 Å². The lowest BCUT2D eigenvalue weighted by Crippen LogP contribution is -2.39. The first kappa shape index (κ1) is 23.4. The molecule has 2 aliphatic rings. The molecule has 1 unspecified atom stereocenters. The molecule has 0 aliphatic heterocycles. The van der Waals surface area contributed by atoms with Crippen molar-refractivity contribution in [2.75, 3.05) is 19.7 Å². The largest absolute Gasteiger partial charge is 0.462 e. The van der Waals surface area contributed by atoms with E-state index < -0.39 is 0 Å². The SMILES string of the molecule is CCNC(=NCC(C1CC1)C1CC1)NC(C)c1nc(C)c(C(=O)OCC)s1.I. The normalized spacial score (nSPS) is 17.8. The van der Waals surface area contributed by atoms with Crippen LogP contribution in [0.2, 0.25) is 0 Å². The Morgan fingerprint density at radius 2 is 1.93 bits per heavy atom. The van der Waals surface area contributed by atoms with Gasteiger partial charge in [0.15, 0.2) is 5.96 Å². The van der Waals surface area contributed by atoms with Gasteiger partial charge in [-0.25, -0.2) is 9.78 Å². The van der Waals surface area contributed by atoms with Gasteiger partial charge in [-0.2, -0.15) is 0 Å². The highest BCUT2D eigenvalue weighted by atomic mass is 127. The Morgan fingerprint density at radius 1 is 1.29 bits per heavy atom. The van der Waals surface area contributed by atoms with Gasteiger partial charge in [0, 0.05) is 13.1 Å². The number of aliphatic imine (C=N–C) groups is 1. The maximum atomic E-state index is 12.0. The summed E-state index contributed by atoms with van der Waals surface area (Å²) in [6, 6.07) is -0.0185. The van der Waals surface area contributed by atoms with Gasteiger partial charge in [0.05, 0.1) is 18.3 Å². The molecule has 2 aliphatic carbocycles. The minimum Gasteiger partial charge on any atom is -0.462 e. The smallest absolute Gasteiger partial charge is 0.350 e. The molecule has 0 aromatic carbocycles.